The minimum Gasteiger partial charge on any atom is -0.344 e. The van der Waals surface area contributed by atoms with Crippen LogP contribution in [0.15, 0.2) is 146 Å². The van der Waals surface area contributed by atoms with Gasteiger partial charge in [-0.25, -0.2) is 0 Å². The molecular weight excluding hydrogens is 486 g/mol. The molecule has 8 aromatic rings. The van der Waals surface area contributed by atoms with E-state index in [1.54, 1.807) is 0 Å². The maximum absolute atomic E-state index is 2.40. The summed E-state index contributed by atoms with van der Waals surface area (Å²) in [5, 5.41) is 5.05. The Labute approximate surface area is 232 Å². The van der Waals surface area contributed by atoms with Crippen LogP contribution in [-0.2, 0) is 7.05 Å². The summed E-state index contributed by atoms with van der Waals surface area (Å²) in [5.41, 5.74) is 9.48. The molecule has 0 saturated heterocycles. The zero-order chi connectivity index (χ0) is 26.6. The van der Waals surface area contributed by atoms with E-state index < -0.39 is 0 Å². The third-order valence-electron chi connectivity index (χ3n) is 8.10. The Morgan fingerprint density at radius 3 is 1.50 bits per heavy atom. The minimum atomic E-state index is 1.14. The van der Waals surface area contributed by atoms with Gasteiger partial charge in [0.15, 0.2) is 0 Å². The first-order chi connectivity index (χ1) is 19.8. The highest BCUT2D eigenvalue weighted by atomic mass is 15.1. The largest absolute Gasteiger partial charge is 0.344 e. The lowest BCUT2D eigenvalue weighted by Gasteiger charge is -2.25. The van der Waals surface area contributed by atoms with Crippen molar-refractivity contribution in [3.05, 3.63) is 146 Å². The Balaban J connectivity index is 1.38. The first-order valence-electron chi connectivity index (χ1n) is 13.7. The first kappa shape index (κ1) is 22.7. The third kappa shape index (κ3) is 3.38. The molecule has 3 heteroatoms. The second kappa shape index (κ2) is 8.89. The van der Waals surface area contributed by atoms with Crippen molar-refractivity contribution in [2.75, 3.05) is 4.90 Å². The van der Waals surface area contributed by atoms with Crippen LogP contribution in [0.4, 0.5) is 17.1 Å². The molecule has 0 unspecified atom stereocenters. The second-order valence-electron chi connectivity index (χ2n) is 10.3. The normalized spacial score (nSPS) is 11.6. The molecule has 0 aliphatic carbocycles. The van der Waals surface area contributed by atoms with Gasteiger partial charge in [-0.05, 0) is 72.8 Å². The summed E-state index contributed by atoms with van der Waals surface area (Å²) in [4.78, 5) is 2.33. The molecule has 0 fully saturated rings. The molecule has 0 radical (unpaired) electrons. The lowest BCUT2D eigenvalue weighted by molar-refractivity contribution is 1.01. The number of para-hydroxylation sites is 4. The fourth-order valence-electron chi connectivity index (χ4n) is 6.27. The van der Waals surface area contributed by atoms with Crippen LogP contribution in [0, 0.1) is 0 Å². The van der Waals surface area contributed by atoms with Gasteiger partial charge in [0.25, 0.3) is 0 Å². The molecule has 0 aliphatic rings. The van der Waals surface area contributed by atoms with E-state index >= 15 is 0 Å². The molecule has 0 bridgehead atoms. The summed E-state index contributed by atoms with van der Waals surface area (Å²) >= 11 is 0. The molecule has 0 spiro atoms. The van der Waals surface area contributed by atoms with Gasteiger partial charge in [0.05, 0.1) is 11.0 Å². The van der Waals surface area contributed by atoms with E-state index in [1.165, 1.54) is 49.3 Å². The lowest BCUT2D eigenvalue weighted by Crippen LogP contribution is -2.09. The van der Waals surface area contributed by atoms with Crippen LogP contribution >= 0.6 is 0 Å². The lowest BCUT2D eigenvalue weighted by atomic mass is 10.1. The molecule has 0 saturated carbocycles. The fraction of sp³-hybridized carbons (Fsp3) is 0.0270. The summed E-state index contributed by atoms with van der Waals surface area (Å²) in [6.07, 6.45) is 0. The average Bonchev–Trinajstić information content (AvgIpc) is 3.50. The Morgan fingerprint density at radius 1 is 0.400 bits per heavy atom. The highest BCUT2D eigenvalue weighted by Crippen LogP contribution is 2.39. The van der Waals surface area contributed by atoms with E-state index in [4.69, 9.17) is 0 Å². The van der Waals surface area contributed by atoms with E-state index in [9.17, 15) is 0 Å². The number of hydrogen-bond donors (Lipinski definition) is 0. The van der Waals surface area contributed by atoms with Crippen LogP contribution < -0.4 is 4.90 Å². The number of aryl methyl sites for hydroxylation is 1. The molecule has 3 nitrogen and oxygen atoms in total. The quantitative estimate of drug-likeness (QED) is 0.228. The Bertz CT molecular complexity index is 2080. The maximum Gasteiger partial charge on any atom is 0.0541 e. The second-order valence-corrected chi connectivity index (χ2v) is 10.3. The number of hydrogen-bond acceptors (Lipinski definition) is 1. The molecule has 40 heavy (non-hydrogen) atoms. The summed E-state index contributed by atoms with van der Waals surface area (Å²) in [6.45, 7) is 0. The monoisotopic (exact) mass is 513 g/mol. The number of aromatic nitrogens is 2. The zero-order valence-electron chi connectivity index (χ0n) is 22.2. The number of rotatable bonds is 4. The van der Waals surface area contributed by atoms with E-state index in [1.807, 2.05) is 0 Å². The molecule has 6 aromatic carbocycles. The van der Waals surface area contributed by atoms with Crippen LogP contribution in [0.5, 0.6) is 0 Å². The van der Waals surface area contributed by atoms with Crippen LogP contribution in [0.1, 0.15) is 0 Å². The van der Waals surface area contributed by atoms with Gasteiger partial charge in [0, 0.05) is 62.4 Å². The van der Waals surface area contributed by atoms with Crippen LogP contribution in [0.25, 0.3) is 49.3 Å². The Morgan fingerprint density at radius 2 is 0.900 bits per heavy atom. The number of anilines is 3. The van der Waals surface area contributed by atoms with Crippen molar-refractivity contribution in [2.45, 2.75) is 0 Å². The van der Waals surface area contributed by atoms with E-state index in [0.717, 1.165) is 17.1 Å². The molecule has 190 valence electrons. The summed E-state index contributed by atoms with van der Waals surface area (Å²) in [7, 11) is 2.16. The van der Waals surface area contributed by atoms with Gasteiger partial charge in [-0.2, -0.15) is 0 Å². The highest BCUT2D eigenvalue weighted by Gasteiger charge is 2.17. The maximum atomic E-state index is 2.40. The van der Waals surface area contributed by atoms with Crippen molar-refractivity contribution in [2.24, 2.45) is 7.05 Å². The van der Waals surface area contributed by atoms with Gasteiger partial charge >= 0.3 is 0 Å². The SMILES string of the molecule is Cn1c2ccc(N(c3ccccc3)c3ccccc3)cc2c2cc(-n3c4ccccc4c4ccccc43)ccc21. The van der Waals surface area contributed by atoms with Gasteiger partial charge in [-0.3, -0.25) is 0 Å². The van der Waals surface area contributed by atoms with Gasteiger partial charge in [0.1, 0.15) is 0 Å². The van der Waals surface area contributed by atoms with Crippen LogP contribution in [0.3, 0.4) is 0 Å². The zero-order valence-corrected chi connectivity index (χ0v) is 22.2. The van der Waals surface area contributed by atoms with Crippen molar-refractivity contribution in [1.82, 2.24) is 9.13 Å². The molecule has 2 heterocycles. The van der Waals surface area contributed by atoms with E-state index in [2.05, 4.69) is 167 Å². The molecule has 0 aliphatic heterocycles. The number of fused-ring (bicyclic) bond motifs is 6. The molecule has 8 rings (SSSR count). The summed E-state index contributed by atoms with van der Waals surface area (Å²) < 4.78 is 4.70. The first-order valence-corrected chi connectivity index (χ1v) is 13.7. The van der Waals surface area contributed by atoms with Crippen LogP contribution in [-0.4, -0.2) is 9.13 Å². The van der Waals surface area contributed by atoms with Crippen molar-refractivity contribution in [3.63, 3.8) is 0 Å². The van der Waals surface area contributed by atoms with Gasteiger partial charge in [-0.15, -0.1) is 0 Å². The molecule has 0 atom stereocenters. The van der Waals surface area contributed by atoms with E-state index in [-0.39, 0.29) is 0 Å². The van der Waals surface area contributed by atoms with Crippen molar-refractivity contribution in [1.29, 1.82) is 0 Å². The fourth-order valence-corrected chi connectivity index (χ4v) is 6.27. The summed E-state index contributed by atoms with van der Waals surface area (Å²) in [5.74, 6) is 0. The molecular formula is C37H27N3. The average molecular weight is 514 g/mol. The highest BCUT2D eigenvalue weighted by molar-refractivity contribution is 6.12. The third-order valence-corrected chi connectivity index (χ3v) is 8.10. The van der Waals surface area contributed by atoms with Gasteiger partial charge < -0.3 is 14.0 Å². The Hall–Kier alpha value is -5.28. The minimum absolute atomic E-state index is 1.14. The van der Waals surface area contributed by atoms with Crippen molar-refractivity contribution in [3.8, 4) is 5.69 Å². The molecule has 2 aromatic heterocycles. The molecule has 0 amide bonds. The predicted molar refractivity (Wildman–Crippen MR) is 169 cm³/mol. The van der Waals surface area contributed by atoms with Crippen LogP contribution in [0.2, 0.25) is 0 Å². The van der Waals surface area contributed by atoms with Gasteiger partial charge in [0.2, 0.25) is 0 Å². The molecule has 0 N–H and O–H groups in total. The smallest absolute Gasteiger partial charge is 0.0541 e. The Kier molecular flexibility index (Phi) is 5.04. The number of benzene rings is 6. The van der Waals surface area contributed by atoms with Gasteiger partial charge in [-0.1, -0.05) is 72.8 Å². The van der Waals surface area contributed by atoms with E-state index in [0.29, 0.717) is 0 Å². The topological polar surface area (TPSA) is 13.1 Å². The predicted octanol–water partition coefficient (Wildman–Crippen LogP) is 9.90. The summed E-state index contributed by atoms with van der Waals surface area (Å²) in [6, 6.07) is 52.3. The standard InChI is InChI=1S/C37H27N3/c1-38-34-22-20-28(39(26-12-4-2-5-13-26)27-14-6-3-7-15-27)24-32(34)33-25-29(21-23-35(33)38)40-36-18-10-8-16-30(36)31-17-9-11-19-37(31)40/h2-25H,1H3. The van der Waals surface area contributed by atoms with Crippen molar-refractivity contribution >= 4 is 60.7 Å². The van der Waals surface area contributed by atoms with Crippen molar-refractivity contribution < 1.29 is 0 Å². The number of nitrogens with zero attached hydrogens (tertiary/aromatic N) is 3.